The minimum atomic E-state index is -0.425. The molecule has 1 N–H and O–H groups in total. The third kappa shape index (κ3) is 2.84. The summed E-state index contributed by atoms with van der Waals surface area (Å²) in [4.78, 5) is 14.5. The van der Waals surface area contributed by atoms with Gasteiger partial charge in [0.2, 0.25) is 5.56 Å². The van der Waals surface area contributed by atoms with Crippen molar-refractivity contribution in [1.82, 2.24) is 4.98 Å². The summed E-state index contributed by atoms with van der Waals surface area (Å²) < 4.78 is 12.1. The van der Waals surface area contributed by atoms with Gasteiger partial charge in [-0.2, -0.15) is 0 Å². The maximum atomic E-state index is 11.6. The lowest BCUT2D eigenvalue weighted by Crippen LogP contribution is -2.41. The van der Waals surface area contributed by atoms with Crippen molar-refractivity contribution in [2.24, 2.45) is 5.92 Å². The highest BCUT2D eigenvalue weighted by molar-refractivity contribution is 6.62. The van der Waals surface area contributed by atoms with Crippen LogP contribution in [-0.2, 0) is 15.7 Å². The van der Waals surface area contributed by atoms with Crippen molar-refractivity contribution >= 4 is 12.6 Å². The fraction of sp³-hybridized carbons (Fsp3) is 0.667. The molecule has 0 bridgehead atoms. The average Bonchev–Trinajstić information content (AvgIpc) is 2.46. The molecule has 1 fully saturated rings. The first-order valence-electron chi connectivity index (χ1n) is 7.20. The highest BCUT2D eigenvalue weighted by Gasteiger charge is 2.52. The molecule has 1 aliphatic rings. The van der Waals surface area contributed by atoms with Crippen LogP contribution in [-0.4, -0.2) is 23.3 Å². The molecule has 0 radical (unpaired) electrons. The molecule has 0 aromatic carbocycles. The number of rotatable bonds is 3. The summed E-state index contributed by atoms with van der Waals surface area (Å²) in [6.07, 6.45) is 0.801. The topological polar surface area (TPSA) is 51.3 Å². The quantitative estimate of drug-likeness (QED) is 0.858. The zero-order valence-corrected chi connectivity index (χ0v) is 13.2. The summed E-state index contributed by atoms with van der Waals surface area (Å²) in [6, 6.07) is 3.35. The lowest BCUT2D eigenvalue weighted by Gasteiger charge is -2.32. The molecule has 0 saturated carbocycles. The van der Waals surface area contributed by atoms with E-state index in [0.29, 0.717) is 5.92 Å². The van der Waals surface area contributed by atoms with Crippen molar-refractivity contribution in [2.75, 3.05) is 0 Å². The Kier molecular flexibility index (Phi) is 3.86. The van der Waals surface area contributed by atoms with Gasteiger partial charge < -0.3 is 14.3 Å². The summed E-state index contributed by atoms with van der Waals surface area (Å²) in [7, 11) is -0.425. The van der Waals surface area contributed by atoms with Crippen LogP contribution in [0.4, 0.5) is 0 Å². The predicted molar refractivity (Wildman–Crippen MR) is 81.3 cm³/mol. The molecule has 1 aliphatic heterocycles. The molecular weight excluding hydrogens is 253 g/mol. The Morgan fingerprint density at radius 2 is 1.70 bits per heavy atom. The number of H-pyrrole nitrogens is 1. The maximum absolute atomic E-state index is 11.6. The van der Waals surface area contributed by atoms with Gasteiger partial charge in [0.1, 0.15) is 0 Å². The molecule has 1 aromatic heterocycles. The van der Waals surface area contributed by atoms with Crippen LogP contribution in [0.2, 0.25) is 0 Å². The van der Waals surface area contributed by atoms with Gasteiger partial charge in [-0.05, 0) is 40.0 Å². The first-order valence-corrected chi connectivity index (χ1v) is 7.20. The van der Waals surface area contributed by atoms with Crippen LogP contribution >= 0.6 is 0 Å². The number of aromatic nitrogens is 1. The molecule has 5 heteroatoms. The minimum Gasteiger partial charge on any atom is -0.399 e. The molecule has 0 amide bonds. The van der Waals surface area contributed by atoms with E-state index in [1.807, 2.05) is 33.8 Å². The fourth-order valence-electron chi connectivity index (χ4n) is 2.30. The standard InChI is InChI=1S/C15H24BNO3/c1-10(2)9-12-11(7-8-13(18)17-12)16-19-14(3,4)15(5,6)20-16/h7-8,10H,9H2,1-6H3,(H,17,18). The molecule has 0 aliphatic carbocycles. The van der Waals surface area contributed by atoms with Gasteiger partial charge in [0, 0.05) is 17.2 Å². The van der Waals surface area contributed by atoms with Crippen molar-refractivity contribution in [3.63, 3.8) is 0 Å². The first kappa shape index (κ1) is 15.3. The van der Waals surface area contributed by atoms with E-state index < -0.39 is 7.12 Å². The number of nitrogens with one attached hydrogen (secondary N) is 1. The third-order valence-corrected chi connectivity index (χ3v) is 4.16. The van der Waals surface area contributed by atoms with Crippen LogP contribution in [0, 0.1) is 5.92 Å². The second-order valence-corrected chi connectivity index (χ2v) is 6.94. The summed E-state index contributed by atoms with van der Waals surface area (Å²) in [6.45, 7) is 12.4. The van der Waals surface area contributed by atoms with E-state index in [-0.39, 0.29) is 16.8 Å². The van der Waals surface area contributed by atoms with Crippen LogP contribution in [0.3, 0.4) is 0 Å². The average molecular weight is 277 g/mol. The Hall–Kier alpha value is -1.07. The summed E-state index contributed by atoms with van der Waals surface area (Å²) in [5.41, 5.74) is 1.01. The molecule has 1 saturated heterocycles. The Labute approximate surface area is 121 Å². The number of hydrogen-bond donors (Lipinski definition) is 1. The van der Waals surface area contributed by atoms with E-state index >= 15 is 0 Å². The van der Waals surface area contributed by atoms with Gasteiger partial charge in [0.25, 0.3) is 0 Å². The van der Waals surface area contributed by atoms with Gasteiger partial charge in [0.15, 0.2) is 0 Å². The van der Waals surface area contributed by atoms with Gasteiger partial charge in [-0.3, -0.25) is 4.79 Å². The van der Waals surface area contributed by atoms with Crippen LogP contribution in [0.25, 0.3) is 0 Å². The van der Waals surface area contributed by atoms with E-state index in [0.717, 1.165) is 17.6 Å². The van der Waals surface area contributed by atoms with E-state index in [9.17, 15) is 4.79 Å². The Bertz CT molecular complexity index is 532. The third-order valence-electron chi connectivity index (χ3n) is 4.16. The van der Waals surface area contributed by atoms with Gasteiger partial charge in [-0.25, -0.2) is 0 Å². The minimum absolute atomic E-state index is 0.0825. The second kappa shape index (κ2) is 5.04. The van der Waals surface area contributed by atoms with Gasteiger partial charge in [0.05, 0.1) is 11.2 Å². The number of aromatic amines is 1. The zero-order valence-electron chi connectivity index (χ0n) is 13.2. The molecule has 4 nitrogen and oxygen atoms in total. The van der Waals surface area contributed by atoms with Gasteiger partial charge >= 0.3 is 7.12 Å². The monoisotopic (exact) mass is 277 g/mol. The van der Waals surface area contributed by atoms with E-state index in [1.165, 1.54) is 6.07 Å². The molecule has 110 valence electrons. The lowest BCUT2D eigenvalue weighted by molar-refractivity contribution is 0.00578. The van der Waals surface area contributed by atoms with Crippen LogP contribution in [0.5, 0.6) is 0 Å². The lowest BCUT2D eigenvalue weighted by atomic mass is 9.76. The molecule has 20 heavy (non-hydrogen) atoms. The second-order valence-electron chi connectivity index (χ2n) is 6.94. The highest BCUT2D eigenvalue weighted by Crippen LogP contribution is 2.36. The van der Waals surface area contributed by atoms with Crippen molar-refractivity contribution in [3.8, 4) is 0 Å². The van der Waals surface area contributed by atoms with Crippen LogP contribution in [0.1, 0.15) is 47.2 Å². The molecule has 2 rings (SSSR count). The molecule has 1 aromatic rings. The Balaban J connectivity index is 2.37. The van der Waals surface area contributed by atoms with Gasteiger partial charge in [-0.15, -0.1) is 0 Å². The van der Waals surface area contributed by atoms with Crippen LogP contribution < -0.4 is 11.0 Å². The van der Waals surface area contributed by atoms with E-state index in [2.05, 4.69) is 18.8 Å². The molecular formula is C15H24BNO3. The fourth-order valence-corrected chi connectivity index (χ4v) is 2.30. The van der Waals surface area contributed by atoms with Crippen molar-refractivity contribution < 1.29 is 9.31 Å². The largest absolute Gasteiger partial charge is 0.496 e. The van der Waals surface area contributed by atoms with E-state index in [4.69, 9.17) is 9.31 Å². The highest BCUT2D eigenvalue weighted by atomic mass is 16.7. The van der Waals surface area contributed by atoms with Crippen molar-refractivity contribution in [3.05, 3.63) is 28.2 Å². The van der Waals surface area contributed by atoms with E-state index in [1.54, 1.807) is 0 Å². The summed E-state index contributed by atoms with van der Waals surface area (Å²) >= 11 is 0. The Morgan fingerprint density at radius 1 is 1.15 bits per heavy atom. The Morgan fingerprint density at radius 3 is 2.20 bits per heavy atom. The zero-order chi connectivity index (χ0) is 15.1. The maximum Gasteiger partial charge on any atom is 0.496 e. The predicted octanol–water partition coefficient (Wildman–Crippen LogP) is 1.87. The molecule has 2 heterocycles. The molecule has 0 unspecified atom stereocenters. The summed E-state index contributed by atoms with van der Waals surface area (Å²) in [5, 5.41) is 0. The SMILES string of the molecule is CC(C)Cc1[nH]c(=O)ccc1B1OC(C)(C)C(C)(C)O1. The molecule has 0 atom stereocenters. The summed E-state index contributed by atoms with van der Waals surface area (Å²) in [5.74, 6) is 0.453. The van der Waals surface area contributed by atoms with Crippen LogP contribution in [0.15, 0.2) is 16.9 Å². The van der Waals surface area contributed by atoms with Gasteiger partial charge in [-0.1, -0.05) is 19.9 Å². The normalized spacial score (nSPS) is 20.6. The number of pyridine rings is 1. The van der Waals surface area contributed by atoms with Crippen molar-refractivity contribution in [2.45, 2.75) is 59.2 Å². The number of hydrogen-bond acceptors (Lipinski definition) is 3. The van der Waals surface area contributed by atoms with Crippen molar-refractivity contribution in [1.29, 1.82) is 0 Å². The first-order chi connectivity index (χ1) is 9.12. The smallest absolute Gasteiger partial charge is 0.399 e. The molecule has 0 spiro atoms.